The largest absolute Gasteiger partial charge is 0.309 e. The van der Waals surface area contributed by atoms with Gasteiger partial charge in [-0.05, 0) is 142 Å². The van der Waals surface area contributed by atoms with Crippen LogP contribution in [-0.2, 0) is 0 Å². The molecular weight excluding hydrogens is 1350 g/mol. The molecule has 502 valence electrons. The predicted octanol–water partition coefficient (Wildman–Crippen LogP) is 27.7. The number of thiophene rings is 2. The lowest BCUT2D eigenvalue weighted by molar-refractivity contribution is 1.18. The monoisotopic (exact) mass is 1410 g/mol. The van der Waals surface area contributed by atoms with Crippen LogP contribution in [0.5, 0.6) is 0 Å². The minimum Gasteiger partial charge on any atom is -0.309 e. The van der Waals surface area contributed by atoms with E-state index in [0.29, 0.717) is 5.82 Å². The molecule has 108 heavy (non-hydrogen) atoms. The number of nitrogens with zero attached hydrogens (tertiary/aromatic N) is 6. The van der Waals surface area contributed by atoms with E-state index in [4.69, 9.17) is 19.9 Å². The zero-order chi connectivity index (χ0) is 70.9. The van der Waals surface area contributed by atoms with E-state index in [1.807, 2.05) is 28.7 Å². The summed E-state index contributed by atoms with van der Waals surface area (Å²) in [7, 11) is 0. The average molecular weight is 1410 g/mol. The van der Waals surface area contributed by atoms with Crippen molar-refractivity contribution in [1.82, 2.24) is 29.1 Å². The summed E-state index contributed by atoms with van der Waals surface area (Å²) in [5.74, 6) is 1.42. The molecule has 0 N–H and O–H groups in total. The van der Waals surface area contributed by atoms with Gasteiger partial charge < -0.3 is 9.13 Å². The van der Waals surface area contributed by atoms with Crippen molar-refractivity contribution in [2.45, 2.75) is 0 Å². The average Bonchev–Trinajstić information content (AvgIpc) is 1.52. The summed E-state index contributed by atoms with van der Waals surface area (Å²) in [6.07, 6.45) is 0. The van der Waals surface area contributed by atoms with Crippen molar-refractivity contribution in [2.24, 2.45) is 0 Å². The summed E-state index contributed by atoms with van der Waals surface area (Å²) in [6.45, 7) is 0. The van der Waals surface area contributed by atoms with Gasteiger partial charge in [-0.15, -0.1) is 22.7 Å². The Kier molecular flexibility index (Phi) is 14.3. The summed E-state index contributed by atoms with van der Waals surface area (Å²) in [4.78, 5) is 20.8. The summed E-state index contributed by atoms with van der Waals surface area (Å²) >= 11 is 3.79. The lowest BCUT2D eigenvalue weighted by Gasteiger charge is -2.14. The van der Waals surface area contributed by atoms with Gasteiger partial charge in [-0.25, -0.2) is 19.9 Å². The standard InChI is InChI=1S/C54H33N3S.C46H27N3S/c1-3-15-34(16-4-1)37-31-38(35-17-5-2-6-18-35)33-39(32-37)51-43-21-9-12-24-46(43)55-54(56-51)36-27-29-40(30-28-36)57-47-25-13-10-22-44(47)49-50-45-23-11-14-26-48(45)58-53(50)42-20-8-7-19-41(42)52(49)57;1-2-12-30-27-31(22-21-28(30)11-1)43-35-15-5-8-18-38(35)47-46(48-43)29-23-25-32(26-24-29)49-39-19-9-6-16-36(39)41-42-37-17-7-10-20-40(37)50-45(42)34-14-4-3-13-33(34)44(41)49/h1-33H;1-27H. The van der Waals surface area contributed by atoms with Crippen molar-refractivity contribution in [3.63, 3.8) is 0 Å². The molecule has 8 heteroatoms. The van der Waals surface area contributed by atoms with Crippen LogP contribution in [-0.4, -0.2) is 29.1 Å². The molecule has 0 aliphatic heterocycles. The molecule has 23 rings (SSSR count). The lowest BCUT2D eigenvalue weighted by atomic mass is 9.94. The SMILES string of the molecule is c1ccc(-c2cc(-c3ccccc3)cc(-c3nc(-c4ccc(-n5c6ccccc6c6c7c8ccccc8sc7c7ccccc7c65)cc4)nc4ccccc34)c2)cc1.c1ccc2cc(-c3nc(-c4ccc(-n5c6ccccc6c6c7c8ccccc8sc7c7ccccc7c65)cc4)nc4ccccc34)ccc2c1. The van der Waals surface area contributed by atoms with E-state index in [2.05, 4.69) is 367 Å². The molecule has 0 saturated carbocycles. The van der Waals surface area contributed by atoms with E-state index in [-0.39, 0.29) is 0 Å². The van der Waals surface area contributed by atoms with Crippen LogP contribution in [0.15, 0.2) is 364 Å². The van der Waals surface area contributed by atoms with E-state index in [9.17, 15) is 0 Å². The first kappa shape index (κ1) is 61.7. The van der Waals surface area contributed by atoms with Crippen LogP contribution in [0.3, 0.4) is 0 Å². The van der Waals surface area contributed by atoms with Crippen LogP contribution < -0.4 is 0 Å². The number of hydrogen-bond acceptors (Lipinski definition) is 6. The highest BCUT2D eigenvalue weighted by Crippen LogP contribution is 2.51. The fraction of sp³-hybridized carbons (Fsp3) is 0. The molecule has 0 atom stereocenters. The molecule has 0 bridgehead atoms. The second-order valence-corrected chi connectivity index (χ2v) is 30.0. The Morgan fingerprint density at radius 2 is 0.574 bits per heavy atom. The molecule has 0 amide bonds. The van der Waals surface area contributed by atoms with E-state index in [0.717, 1.165) is 83.8 Å². The number of benzene rings is 17. The maximum absolute atomic E-state index is 5.38. The maximum Gasteiger partial charge on any atom is 0.160 e. The topological polar surface area (TPSA) is 61.4 Å². The third-order valence-electron chi connectivity index (χ3n) is 21.7. The van der Waals surface area contributed by atoms with Gasteiger partial charge in [-0.2, -0.15) is 0 Å². The molecule has 0 saturated heterocycles. The molecule has 0 unspecified atom stereocenters. The first-order chi connectivity index (χ1) is 53.6. The molecule has 6 heterocycles. The second kappa shape index (κ2) is 25.0. The maximum atomic E-state index is 5.38. The molecule has 0 fully saturated rings. The van der Waals surface area contributed by atoms with E-state index in [1.165, 1.54) is 127 Å². The van der Waals surface area contributed by atoms with Crippen molar-refractivity contribution in [3.8, 4) is 78.9 Å². The van der Waals surface area contributed by atoms with Gasteiger partial charge in [-0.1, -0.05) is 255 Å². The lowest BCUT2D eigenvalue weighted by Crippen LogP contribution is -1.97. The smallest absolute Gasteiger partial charge is 0.160 e. The van der Waals surface area contributed by atoms with Crippen LogP contribution in [0.4, 0.5) is 0 Å². The van der Waals surface area contributed by atoms with Crippen LogP contribution >= 0.6 is 22.7 Å². The number of para-hydroxylation sites is 4. The minimum absolute atomic E-state index is 0.700. The molecule has 0 spiro atoms. The Labute approximate surface area is 628 Å². The van der Waals surface area contributed by atoms with Gasteiger partial charge in [0.05, 0.1) is 44.5 Å². The van der Waals surface area contributed by atoms with Crippen LogP contribution in [0.1, 0.15) is 0 Å². The number of hydrogen-bond donors (Lipinski definition) is 0. The Morgan fingerprint density at radius 1 is 0.213 bits per heavy atom. The van der Waals surface area contributed by atoms with Gasteiger partial charge in [0.1, 0.15) is 0 Å². The number of aromatic nitrogens is 6. The highest BCUT2D eigenvalue weighted by molar-refractivity contribution is 7.27. The van der Waals surface area contributed by atoms with Crippen LogP contribution in [0.2, 0.25) is 0 Å². The third-order valence-corrected chi connectivity index (χ3v) is 24.1. The molecule has 6 nitrogen and oxygen atoms in total. The second-order valence-electron chi connectivity index (χ2n) is 27.9. The summed E-state index contributed by atoms with van der Waals surface area (Å²) in [5.41, 5.74) is 19.5. The van der Waals surface area contributed by atoms with Gasteiger partial charge in [-0.3, -0.25) is 0 Å². The van der Waals surface area contributed by atoms with E-state index < -0.39 is 0 Å². The van der Waals surface area contributed by atoms with Crippen LogP contribution in [0.25, 0.3) is 217 Å². The summed E-state index contributed by atoms with van der Waals surface area (Å²) < 4.78 is 10.2. The van der Waals surface area contributed by atoms with Crippen molar-refractivity contribution in [3.05, 3.63) is 364 Å². The van der Waals surface area contributed by atoms with Gasteiger partial charge in [0.15, 0.2) is 11.6 Å². The van der Waals surface area contributed by atoms with Gasteiger partial charge >= 0.3 is 0 Å². The Hall–Kier alpha value is -13.8. The first-order valence-electron chi connectivity index (χ1n) is 36.6. The Morgan fingerprint density at radius 3 is 1.06 bits per heavy atom. The zero-order valence-electron chi connectivity index (χ0n) is 58.1. The van der Waals surface area contributed by atoms with Crippen molar-refractivity contribution < 1.29 is 0 Å². The van der Waals surface area contributed by atoms with Crippen molar-refractivity contribution in [1.29, 1.82) is 0 Å². The molecular formula is C100H60N6S2. The van der Waals surface area contributed by atoms with Gasteiger partial charge in [0.25, 0.3) is 0 Å². The Bertz CT molecular complexity index is 7540. The van der Waals surface area contributed by atoms with Crippen LogP contribution in [0, 0.1) is 0 Å². The van der Waals surface area contributed by atoms with Gasteiger partial charge in [0, 0.05) is 128 Å². The molecule has 17 aromatic carbocycles. The summed E-state index contributed by atoms with van der Waals surface area (Å²) in [6, 6.07) is 130. The highest BCUT2D eigenvalue weighted by atomic mass is 32.1. The first-order valence-corrected chi connectivity index (χ1v) is 38.2. The van der Waals surface area contributed by atoms with E-state index >= 15 is 0 Å². The summed E-state index contributed by atoms with van der Waals surface area (Å²) in [5, 5.41) is 20.1. The highest BCUT2D eigenvalue weighted by Gasteiger charge is 2.25. The molecule has 0 aliphatic carbocycles. The molecule has 0 aliphatic rings. The van der Waals surface area contributed by atoms with Crippen molar-refractivity contribution in [2.75, 3.05) is 0 Å². The minimum atomic E-state index is 0.700. The molecule has 0 radical (unpaired) electrons. The van der Waals surface area contributed by atoms with Gasteiger partial charge in [0.2, 0.25) is 0 Å². The zero-order valence-corrected chi connectivity index (χ0v) is 59.8. The molecule has 6 aromatic heterocycles. The predicted molar refractivity (Wildman–Crippen MR) is 459 cm³/mol. The van der Waals surface area contributed by atoms with E-state index in [1.54, 1.807) is 0 Å². The normalized spacial score (nSPS) is 11.9. The number of rotatable bonds is 8. The fourth-order valence-corrected chi connectivity index (χ4v) is 19.3. The molecule has 23 aromatic rings. The Balaban J connectivity index is 0.000000135. The fourth-order valence-electron chi connectivity index (χ4n) is 16.8. The number of fused-ring (bicyclic) bond motifs is 23. The quantitative estimate of drug-likeness (QED) is 0.152. The third kappa shape index (κ3) is 9.92. The van der Waals surface area contributed by atoms with Crippen molar-refractivity contribution >= 4 is 161 Å².